The van der Waals surface area contributed by atoms with Crippen LogP contribution in [0, 0.1) is 0 Å². The molecular formula is C18H24N2O. The number of pyridine rings is 1. The molecule has 0 spiro atoms. The van der Waals surface area contributed by atoms with Crippen molar-refractivity contribution in [1.82, 2.24) is 10.3 Å². The van der Waals surface area contributed by atoms with Gasteiger partial charge >= 0.3 is 0 Å². The number of hydrogen-bond donors (Lipinski definition) is 1. The van der Waals surface area contributed by atoms with E-state index < -0.39 is 0 Å². The molecule has 1 heterocycles. The van der Waals surface area contributed by atoms with Gasteiger partial charge in [0, 0.05) is 24.5 Å². The fraction of sp³-hybridized carbons (Fsp3) is 0.389. The summed E-state index contributed by atoms with van der Waals surface area (Å²) in [7, 11) is 0. The number of aromatic nitrogens is 1. The van der Waals surface area contributed by atoms with Crippen LogP contribution >= 0.6 is 0 Å². The molecular weight excluding hydrogens is 260 g/mol. The van der Waals surface area contributed by atoms with Crippen molar-refractivity contribution in [2.24, 2.45) is 0 Å². The third kappa shape index (κ3) is 4.30. The van der Waals surface area contributed by atoms with Gasteiger partial charge in [0.05, 0.1) is 6.61 Å². The lowest BCUT2D eigenvalue weighted by atomic mass is 10.1. The summed E-state index contributed by atoms with van der Waals surface area (Å²) in [6.45, 7) is 10.6. The predicted octanol–water partition coefficient (Wildman–Crippen LogP) is 4.08. The average molecular weight is 284 g/mol. The first-order chi connectivity index (χ1) is 10.2. The van der Waals surface area contributed by atoms with Crippen molar-refractivity contribution in [3.05, 3.63) is 48.2 Å². The SMILES string of the molecule is C=C(C)CCOc1ncc(CNCCC)c2ccccc12. The Bertz CT molecular complexity index is 607. The third-order valence-corrected chi connectivity index (χ3v) is 3.35. The van der Waals surface area contributed by atoms with Gasteiger partial charge in [0.25, 0.3) is 0 Å². The van der Waals surface area contributed by atoms with E-state index in [-0.39, 0.29) is 0 Å². The van der Waals surface area contributed by atoms with Crippen LogP contribution in [0.15, 0.2) is 42.6 Å². The Morgan fingerprint density at radius 2 is 2.05 bits per heavy atom. The zero-order chi connectivity index (χ0) is 15.1. The van der Waals surface area contributed by atoms with Crippen molar-refractivity contribution in [3.63, 3.8) is 0 Å². The number of rotatable bonds is 8. The summed E-state index contributed by atoms with van der Waals surface area (Å²) in [4.78, 5) is 4.49. The Kier molecular flexibility index (Phi) is 5.76. The molecule has 0 saturated carbocycles. The Balaban J connectivity index is 2.20. The third-order valence-electron chi connectivity index (χ3n) is 3.35. The number of hydrogen-bond acceptors (Lipinski definition) is 3. The summed E-state index contributed by atoms with van der Waals surface area (Å²) in [6, 6.07) is 8.29. The van der Waals surface area contributed by atoms with E-state index in [4.69, 9.17) is 4.74 Å². The molecule has 0 aliphatic carbocycles. The number of nitrogens with zero attached hydrogens (tertiary/aromatic N) is 1. The molecule has 0 saturated heterocycles. The summed E-state index contributed by atoms with van der Waals surface area (Å²) in [5.74, 6) is 0.714. The lowest BCUT2D eigenvalue weighted by molar-refractivity contribution is 0.313. The lowest BCUT2D eigenvalue weighted by Gasteiger charge is -2.12. The topological polar surface area (TPSA) is 34.1 Å². The number of ether oxygens (including phenoxy) is 1. The van der Waals surface area contributed by atoms with Crippen LogP contribution in [0.2, 0.25) is 0 Å². The zero-order valence-corrected chi connectivity index (χ0v) is 13.0. The van der Waals surface area contributed by atoms with Crippen LogP contribution in [-0.2, 0) is 6.54 Å². The highest BCUT2D eigenvalue weighted by Crippen LogP contribution is 2.26. The lowest BCUT2D eigenvalue weighted by Crippen LogP contribution is -2.14. The first-order valence-electron chi connectivity index (χ1n) is 7.57. The molecule has 112 valence electrons. The van der Waals surface area contributed by atoms with E-state index in [1.165, 1.54) is 10.9 Å². The summed E-state index contributed by atoms with van der Waals surface area (Å²) >= 11 is 0. The molecule has 0 bridgehead atoms. The van der Waals surface area contributed by atoms with Crippen LogP contribution in [0.1, 0.15) is 32.3 Å². The van der Waals surface area contributed by atoms with E-state index in [2.05, 4.69) is 42.0 Å². The fourth-order valence-electron chi connectivity index (χ4n) is 2.20. The highest BCUT2D eigenvalue weighted by Gasteiger charge is 2.08. The largest absolute Gasteiger partial charge is 0.477 e. The monoisotopic (exact) mass is 284 g/mol. The molecule has 0 atom stereocenters. The van der Waals surface area contributed by atoms with Crippen LogP contribution in [0.5, 0.6) is 5.88 Å². The Hall–Kier alpha value is -1.87. The predicted molar refractivity (Wildman–Crippen MR) is 88.7 cm³/mol. The molecule has 2 aromatic rings. The second-order valence-electron chi connectivity index (χ2n) is 5.37. The Morgan fingerprint density at radius 3 is 2.76 bits per heavy atom. The van der Waals surface area contributed by atoms with Crippen LogP contribution in [0.25, 0.3) is 10.8 Å². The van der Waals surface area contributed by atoms with Gasteiger partial charge in [-0.05, 0) is 36.9 Å². The summed E-state index contributed by atoms with van der Waals surface area (Å²) < 4.78 is 5.82. The first kappa shape index (κ1) is 15.5. The molecule has 3 nitrogen and oxygen atoms in total. The molecule has 0 amide bonds. The highest BCUT2D eigenvalue weighted by atomic mass is 16.5. The second kappa shape index (κ2) is 7.79. The smallest absolute Gasteiger partial charge is 0.221 e. The van der Waals surface area contributed by atoms with Crippen molar-refractivity contribution < 1.29 is 4.74 Å². The number of benzene rings is 1. The molecule has 0 aliphatic rings. The van der Waals surface area contributed by atoms with Crippen molar-refractivity contribution in [3.8, 4) is 5.88 Å². The molecule has 3 heteroatoms. The van der Waals surface area contributed by atoms with Gasteiger partial charge in [0.2, 0.25) is 5.88 Å². The maximum Gasteiger partial charge on any atom is 0.221 e. The molecule has 1 aromatic heterocycles. The molecule has 0 fully saturated rings. The van der Waals surface area contributed by atoms with Crippen LogP contribution in [0.3, 0.4) is 0 Å². The van der Waals surface area contributed by atoms with Gasteiger partial charge in [-0.1, -0.05) is 30.7 Å². The van der Waals surface area contributed by atoms with Crippen LogP contribution < -0.4 is 10.1 Å². The van der Waals surface area contributed by atoms with Crippen molar-refractivity contribution in [1.29, 1.82) is 0 Å². The number of nitrogens with one attached hydrogen (secondary N) is 1. The number of fused-ring (bicyclic) bond motifs is 1. The highest BCUT2D eigenvalue weighted by molar-refractivity contribution is 5.89. The van der Waals surface area contributed by atoms with Crippen LogP contribution in [0.4, 0.5) is 0 Å². The molecule has 0 unspecified atom stereocenters. The van der Waals surface area contributed by atoms with Crippen molar-refractivity contribution in [2.45, 2.75) is 33.2 Å². The minimum Gasteiger partial charge on any atom is -0.477 e. The fourth-order valence-corrected chi connectivity index (χ4v) is 2.20. The molecule has 0 aliphatic heterocycles. The minimum atomic E-state index is 0.625. The second-order valence-corrected chi connectivity index (χ2v) is 5.37. The molecule has 2 rings (SSSR count). The van der Waals surface area contributed by atoms with Gasteiger partial charge in [-0.15, -0.1) is 6.58 Å². The van der Waals surface area contributed by atoms with Gasteiger partial charge < -0.3 is 10.1 Å². The van der Waals surface area contributed by atoms with E-state index in [9.17, 15) is 0 Å². The standard InChI is InChI=1S/C18H24N2O/c1-4-10-19-12-15-13-20-18(21-11-9-14(2)3)17-8-6-5-7-16(15)17/h5-8,13,19H,2,4,9-12H2,1,3H3. The van der Waals surface area contributed by atoms with Crippen LogP contribution in [-0.4, -0.2) is 18.1 Å². The van der Waals surface area contributed by atoms with Gasteiger partial charge in [0.15, 0.2) is 0 Å². The molecule has 1 N–H and O–H groups in total. The van der Waals surface area contributed by atoms with Gasteiger partial charge in [-0.2, -0.15) is 0 Å². The van der Waals surface area contributed by atoms with E-state index in [0.717, 1.165) is 36.9 Å². The summed E-state index contributed by atoms with van der Waals surface area (Å²) in [6.07, 6.45) is 3.91. The van der Waals surface area contributed by atoms with Gasteiger partial charge in [-0.3, -0.25) is 0 Å². The van der Waals surface area contributed by atoms with Crippen molar-refractivity contribution >= 4 is 10.8 Å². The Labute approximate surface area is 127 Å². The molecule has 21 heavy (non-hydrogen) atoms. The minimum absolute atomic E-state index is 0.625. The maximum absolute atomic E-state index is 5.82. The normalized spacial score (nSPS) is 10.8. The summed E-state index contributed by atoms with van der Waals surface area (Å²) in [5.41, 5.74) is 2.34. The van der Waals surface area contributed by atoms with Crippen molar-refractivity contribution in [2.75, 3.05) is 13.2 Å². The molecule has 1 aromatic carbocycles. The average Bonchev–Trinajstić information content (AvgIpc) is 2.49. The Morgan fingerprint density at radius 1 is 1.29 bits per heavy atom. The summed E-state index contributed by atoms with van der Waals surface area (Å²) in [5, 5.41) is 5.72. The zero-order valence-electron chi connectivity index (χ0n) is 13.0. The van der Waals surface area contributed by atoms with E-state index >= 15 is 0 Å². The van der Waals surface area contributed by atoms with Gasteiger partial charge in [0.1, 0.15) is 0 Å². The first-order valence-corrected chi connectivity index (χ1v) is 7.57. The van der Waals surface area contributed by atoms with E-state index in [0.29, 0.717) is 12.5 Å². The quantitative estimate of drug-likeness (QED) is 0.586. The van der Waals surface area contributed by atoms with E-state index in [1.807, 2.05) is 19.2 Å². The van der Waals surface area contributed by atoms with E-state index in [1.54, 1.807) is 0 Å². The molecule has 0 radical (unpaired) electrons. The maximum atomic E-state index is 5.82. The van der Waals surface area contributed by atoms with Gasteiger partial charge in [-0.25, -0.2) is 4.98 Å².